The molecule has 0 aromatic carbocycles. The minimum absolute atomic E-state index is 0.0353. The van der Waals surface area contributed by atoms with Crippen LogP contribution in [0.4, 0.5) is 4.79 Å². The van der Waals surface area contributed by atoms with E-state index in [0.717, 1.165) is 0 Å². The van der Waals surface area contributed by atoms with Gasteiger partial charge in [0.15, 0.2) is 0 Å². The predicted octanol–water partition coefficient (Wildman–Crippen LogP) is 2.07. The highest BCUT2D eigenvalue weighted by molar-refractivity contribution is 5.77. The quantitative estimate of drug-likeness (QED) is 0.823. The van der Waals surface area contributed by atoms with Gasteiger partial charge in [0.1, 0.15) is 0 Å². The Balaban J connectivity index is 1.80. The summed E-state index contributed by atoms with van der Waals surface area (Å²) < 4.78 is 0. The summed E-state index contributed by atoms with van der Waals surface area (Å²) in [5.41, 5.74) is -0.670. The zero-order valence-corrected chi connectivity index (χ0v) is 11.8. The Bertz CT molecular complexity index is 358. The van der Waals surface area contributed by atoms with Crippen LogP contribution in [-0.2, 0) is 4.79 Å². The second-order valence-electron chi connectivity index (χ2n) is 6.28. The van der Waals surface area contributed by atoms with Crippen LogP contribution >= 0.6 is 0 Å². The SMILES string of the molecule is CC(NC(=O)N1CCC(C)(C(=O)O)CC1)C1CCC1. The molecule has 5 heteroatoms. The van der Waals surface area contributed by atoms with Crippen LogP contribution in [0.5, 0.6) is 0 Å². The molecule has 1 heterocycles. The van der Waals surface area contributed by atoms with Crippen molar-refractivity contribution < 1.29 is 14.7 Å². The molecule has 0 aromatic heterocycles. The van der Waals surface area contributed by atoms with Crippen LogP contribution in [0.1, 0.15) is 46.0 Å². The fourth-order valence-electron chi connectivity index (χ4n) is 2.76. The van der Waals surface area contributed by atoms with E-state index in [-0.39, 0.29) is 12.1 Å². The van der Waals surface area contributed by atoms with Crippen molar-refractivity contribution in [2.45, 2.75) is 52.0 Å². The molecule has 2 N–H and O–H groups in total. The van der Waals surface area contributed by atoms with Gasteiger partial charge in [0.05, 0.1) is 5.41 Å². The number of rotatable bonds is 3. The first-order valence-electron chi connectivity index (χ1n) is 7.21. The molecule has 0 spiro atoms. The molecular weight excluding hydrogens is 244 g/mol. The van der Waals surface area contributed by atoms with Crippen LogP contribution in [0.25, 0.3) is 0 Å². The van der Waals surface area contributed by atoms with E-state index in [9.17, 15) is 9.59 Å². The molecule has 2 aliphatic rings. The lowest BCUT2D eigenvalue weighted by Gasteiger charge is -2.38. The maximum atomic E-state index is 12.1. The van der Waals surface area contributed by atoms with E-state index in [1.54, 1.807) is 11.8 Å². The molecule has 5 nitrogen and oxygen atoms in total. The average Bonchev–Trinajstić information content (AvgIpc) is 2.27. The van der Waals surface area contributed by atoms with E-state index in [0.29, 0.717) is 31.8 Å². The van der Waals surface area contributed by atoms with Crippen LogP contribution in [0.3, 0.4) is 0 Å². The van der Waals surface area contributed by atoms with Gasteiger partial charge in [-0.2, -0.15) is 0 Å². The topological polar surface area (TPSA) is 69.6 Å². The summed E-state index contributed by atoms with van der Waals surface area (Å²) in [5.74, 6) is -0.131. The molecule has 0 aromatic rings. The second-order valence-corrected chi connectivity index (χ2v) is 6.28. The number of aliphatic carboxylic acids is 1. The van der Waals surface area contributed by atoms with Crippen molar-refractivity contribution in [1.82, 2.24) is 10.2 Å². The van der Waals surface area contributed by atoms with Gasteiger partial charge in [0.2, 0.25) is 0 Å². The van der Waals surface area contributed by atoms with Gasteiger partial charge in [-0.05, 0) is 45.4 Å². The van der Waals surface area contributed by atoms with E-state index in [4.69, 9.17) is 5.11 Å². The third-order valence-corrected chi connectivity index (χ3v) is 4.88. The number of amides is 2. The summed E-state index contributed by atoms with van der Waals surface area (Å²) in [6, 6.07) is 0.195. The molecule has 108 valence electrons. The zero-order chi connectivity index (χ0) is 14.0. The number of carbonyl (C=O) groups is 2. The van der Waals surface area contributed by atoms with E-state index in [2.05, 4.69) is 12.2 Å². The number of carbonyl (C=O) groups excluding carboxylic acids is 1. The second kappa shape index (κ2) is 5.39. The van der Waals surface area contributed by atoms with Crippen LogP contribution in [-0.4, -0.2) is 41.1 Å². The first kappa shape index (κ1) is 14.2. The molecule has 1 saturated heterocycles. The van der Waals surface area contributed by atoms with Crippen LogP contribution in [0, 0.1) is 11.3 Å². The predicted molar refractivity (Wildman–Crippen MR) is 71.9 cm³/mol. The summed E-state index contributed by atoms with van der Waals surface area (Å²) >= 11 is 0. The van der Waals surface area contributed by atoms with Gasteiger partial charge in [-0.1, -0.05) is 6.42 Å². The highest BCUT2D eigenvalue weighted by Gasteiger charge is 2.38. The number of hydrogen-bond acceptors (Lipinski definition) is 2. The van der Waals surface area contributed by atoms with Crippen molar-refractivity contribution in [3.63, 3.8) is 0 Å². The number of urea groups is 1. The molecule has 1 aliphatic heterocycles. The Morgan fingerprint density at radius 3 is 2.32 bits per heavy atom. The summed E-state index contributed by atoms with van der Waals surface area (Å²) in [6.45, 7) is 4.90. The Labute approximate surface area is 114 Å². The molecule has 2 rings (SSSR count). The molecule has 2 fully saturated rings. The Kier molecular flexibility index (Phi) is 4.02. The normalized spacial score (nSPS) is 24.4. The fourth-order valence-corrected chi connectivity index (χ4v) is 2.76. The minimum Gasteiger partial charge on any atom is -0.481 e. The zero-order valence-electron chi connectivity index (χ0n) is 11.8. The Hall–Kier alpha value is -1.26. The fraction of sp³-hybridized carbons (Fsp3) is 0.857. The lowest BCUT2D eigenvalue weighted by Crippen LogP contribution is -2.52. The van der Waals surface area contributed by atoms with Gasteiger partial charge in [0, 0.05) is 19.1 Å². The number of nitrogens with one attached hydrogen (secondary N) is 1. The van der Waals surface area contributed by atoms with Crippen molar-refractivity contribution >= 4 is 12.0 Å². The highest BCUT2D eigenvalue weighted by atomic mass is 16.4. The molecular formula is C14H24N2O3. The van der Waals surface area contributed by atoms with Crippen molar-refractivity contribution in [2.24, 2.45) is 11.3 Å². The average molecular weight is 268 g/mol. The third-order valence-electron chi connectivity index (χ3n) is 4.88. The van der Waals surface area contributed by atoms with Gasteiger partial charge < -0.3 is 15.3 Å². The van der Waals surface area contributed by atoms with Gasteiger partial charge in [-0.15, -0.1) is 0 Å². The summed E-state index contributed by atoms with van der Waals surface area (Å²) in [4.78, 5) is 25.0. The first-order valence-corrected chi connectivity index (χ1v) is 7.21. The third kappa shape index (κ3) is 3.01. The maximum absolute atomic E-state index is 12.1. The molecule has 19 heavy (non-hydrogen) atoms. The minimum atomic E-state index is -0.754. The number of nitrogens with zero attached hydrogens (tertiary/aromatic N) is 1. The van der Waals surface area contributed by atoms with Crippen LogP contribution in [0.2, 0.25) is 0 Å². The summed E-state index contributed by atoms with van der Waals surface area (Å²) in [5, 5.41) is 12.2. The Morgan fingerprint density at radius 2 is 1.89 bits per heavy atom. The van der Waals surface area contributed by atoms with Crippen molar-refractivity contribution in [3.8, 4) is 0 Å². The highest BCUT2D eigenvalue weighted by Crippen LogP contribution is 2.32. The van der Waals surface area contributed by atoms with Crippen molar-refractivity contribution in [2.75, 3.05) is 13.1 Å². The molecule has 2 amide bonds. The molecule has 0 radical (unpaired) electrons. The van der Waals surface area contributed by atoms with Gasteiger partial charge >= 0.3 is 12.0 Å². The van der Waals surface area contributed by atoms with E-state index >= 15 is 0 Å². The van der Waals surface area contributed by atoms with Crippen molar-refractivity contribution in [3.05, 3.63) is 0 Å². The van der Waals surface area contributed by atoms with E-state index in [1.807, 2.05) is 0 Å². The number of carboxylic acid groups (broad SMARTS) is 1. The first-order chi connectivity index (χ1) is 8.92. The van der Waals surface area contributed by atoms with E-state index in [1.165, 1.54) is 19.3 Å². The molecule has 1 unspecified atom stereocenters. The lowest BCUT2D eigenvalue weighted by molar-refractivity contribution is -0.150. The monoisotopic (exact) mass is 268 g/mol. The van der Waals surface area contributed by atoms with E-state index < -0.39 is 11.4 Å². The smallest absolute Gasteiger partial charge is 0.317 e. The van der Waals surface area contributed by atoms with Gasteiger partial charge in [-0.25, -0.2) is 4.79 Å². The lowest BCUT2D eigenvalue weighted by atomic mass is 9.80. The molecule has 1 saturated carbocycles. The summed E-state index contributed by atoms with van der Waals surface area (Å²) in [6.07, 6.45) is 4.75. The standard InChI is InChI=1S/C14H24N2O3/c1-10(11-4-3-5-11)15-13(19)16-8-6-14(2,7-9-16)12(17)18/h10-11H,3-9H2,1-2H3,(H,15,19)(H,17,18). The maximum Gasteiger partial charge on any atom is 0.317 e. The Morgan fingerprint density at radius 1 is 1.32 bits per heavy atom. The number of carboxylic acids is 1. The molecule has 1 atom stereocenters. The number of likely N-dealkylation sites (tertiary alicyclic amines) is 1. The molecule has 0 bridgehead atoms. The number of hydrogen-bond donors (Lipinski definition) is 2. The van der Waals surface area contributed by atoms with Crippen LogP contribution in [0.15, 0.2) is 0 Å². The van der Waals surface area contributed by atoms with Crippen molar-refractivity contribution in [1.29, 1.82) is 0 Å². The molecule has 1 aliphatic carbocycles. The summed E-state index contributed by atoms with van der Waals surface area (Å²) in [7, 11) is 0. The van der Waals surface area contributed by atoms with Gasteiger partial charge in [0.25, 0.3) is 0 Å². The van der Waals surface area contributed by atoms with Crippen LogP contribution < -0.4 is 5.32 Å². The number of piperidine rings is 1. The largest absolute Gasteiger partial charge is 0.481 e. The van der Waals surface area contributed by atoms with Gasteiger partial charge in [-0.3, -0.25) is 4.79 Å².